The maximum absolute atomic E-state index is 10.1. The third kappa shape index (κ3) is 3.08. The third-order valence-corrected chi connectivity index (χ3v) is 2.91. The van der Waals surface area contributed by atoms with E-state index < -0.39 is 6.10 Å². The number of hydrogen-bond acceptors (Lipinski definition) is 3. The van der Waals surface area contributed by atoms with E-state index in [4.69, 9.17) is 0 Å². The molecule has 2 N–H and O–H groups in total. The fourth-order valence-electron chi connectivity index (χ4n) is 1.91. The first kappa shape index (κ1) is 12.6. The van der Waals surface area contributed by atoms with E-state index in [9.17, 15) is 5.11 Å². The highest BCUT2D eigenvalue weighted by atomic mass is 16.3. The lowest BCUT2D eigenvalue weighted by atomic mass is 10.0. The van der Waals surface area contributed by atoms with Crippen molar-refractivity contribution in [3.8, 4) is 0 Å². The SMILES string of the molecule is Cc1cccc(NCC(O)c2ccccc2C)n1. The van der Waals surface area contributed by atoms with Crippen LogP contribution in [0.15, 0.2) is 42.5 Å². The van der Waals surface area contributed by atoms with Gasteiger partial charge in [-0.25, -0.2) is 4.98 Å². The zero-order chi connectivity index (χ0) is 13.0. The van der Waals surface area contributed by atoms with E-state index in [1.54, 1.807) is 0 Å². The van der Waals surface area contributed by atoms with E-state index in [2.05, 4.69) is 10.3 Å². The number of aliphatic hydroxyl groups is 1. The number of hydrogen-bond donors (Lipinski definition) is 2. The minimum atomic E-state index is -0.520. The lowest BCUT2D eigenvalue weighted by molar-refractivity contribution is 0.191. The normalized spacial score (nSPS) is 12.2. The van der Waals surface area contributed by atoms with Crippen molar-refractivity contribution < 1.29 is 5.11 Å². The van der Waals surface area contributed by atoms with E-state index in [1.807, 2.05) is 56.3 Å². The van der Waals surface area contributed by atoms with Crippen molar-refractivity contribution >= 4 is 5.82 Å². The molecule has 0 fully saturated rings. The Kier molecular flexibility index (Phi) is 3.95. The molecule has 3 nitrogen and oxygen atoms in total. The van der Waals surface area contributed by atoms with Crippen molar-refractivity contribution in [3.63, 3.8) is 0 Å². The van der Waals surface area contributed by atoms with Crippen LogP contribution < -0.4 is 5.32 Å². The van der Waals surface area contributed by atoms with Crippen LogP contribution in [0.5, 0.6) is 0 Å². The number of nitrogens with one attached hydrogen (secondary N) is 1. The van der Waals surface area contributed by atoms with Gasteiger partial charge in [-0.3, -0.25) is 0 Å². The highest BCUT2D eigenvalue weighted by molar-refractivity contribution is 5.36. The Morgan fingerprint density at radius 3 is 2.61 bits per heavy atom. The summed E-state index contributed by atoms with van der Waals surface area (Å²) in [6, 6.07) is 13.7. The predicted molar refractivity (Wildman–Crippen MR) is 73.6 cm³/mol. The Labute approximate surface area is 108 Å². The van der Waals surface area contributed by atoms with Gasteiger partial charge in [0.25, 0.3) is 0 Å². The average molecular weight is 242 g/mol. The van der Waals surface area contributed by atoms with E-state index >= 15 is 0 Å². The molecule has 2 aromatic rings. The van der Waals surface area contributed by atoms with Crippen molar-refractivity contribution in [2.45, 2.75) is 20.0 Å². The van der Waals surface area contributed by atoms with Gasteiger partial charge in [0, 0.05) is 12.2 Å². The fraction of sp³-hybridized carbons (Fsp3) is 0.267. The van der Waals surface area contributed by atoms with Crippen LogP contribution in [0, 0.1) is 13.8 Å². The van der Waals surface area contributed by atoms with Crippen LogP contribution in [0.4, 0.5) is 5.82 Å². The molecule has 0 aliphatic heterocycles. The lowest BCUT2D eigenvalue weighted by Crippen LogP contribution is -2.14. The molecule has 0 aliphatic carbocycles. The summed E-state index contributed by atoms with van der Waals surface area (Å²) in [4.78, 5) is 4.34. The minimum Gasteiger partial charge on any atom is -0.387 e. The number of anilines is 1. The summed E-state index contributed by atoms with van der Waals surface area (Å²) < 4.78 is 0. The summed E-state index contributed by atoms with van der Waals surface area (Å²) in [7, 11) is 0. The van der Waals surface area contributed by atoms with Crippen molar-refractivity contribution in [3.05, 3.63) is 59.3 Å². The number of benzene rings is 1. The van der Waals surface area contributed by atoms with Gasteiger partial charge in [-0.15, -0.1) is 0 Å². The molecule has 2 rings (SSSR count). The maximum atomic E-state index is 10.1. The molecular formula is C15H18N2O. The van der Waals surface area contributed by atoms with Gasteiger partial charge >= 0.3 is 0 Å². The summed E-state index contributed by atoms with van der Waals surface area (Å²) in [5, 5.41) is 13.3. The monoisotopic (exact) mass is 242 g/mol. The van der Waals surface area contributed by atoms with E-state index in [1.165, 1.54) is 0 Å². The van der Waals surface area contributed by atoms with Crippen LogP contribution >= 0.6 is 0 Å². The molecule has 0 bridgehead atoms. The maximum Gasteiger partial charge on any atom is 0.126 e. The van der Waals surface area contributed by atoms with Gasteiger partial charge in [-0.05, 0) is 37.1 Å². The zero-order valence-electron chi connectivity index (χ0n) is 10.7. The Balaban J connectivity index is 2.00. The molecule has 0 aliphatic rings. The molecule has 0 saturated heterocycles. The average Bonchev–Trinajstić information content (AvgIpc) is 2.37. The van der Waals surface area contributed by atoms with Crippen LogP contribution in [0.25, 0.3) is 0 Å². The summed E-state index contributed by atoms with van der Waals surface area (Å²) >= 11 is 0. The molecule has 18 heavy (non-hydrogen) atoms. The van der Waals surface area contributed by atoms with Crippen LogP contribution in [0.1, 0.15) is 22.9 Å². The Morgan fingerprint density at radius 2 is 1.89 bits per heavy atom. The summed E-state index contributed by atoms with van der Waals surface area (Å²) in [6.45, 7) is 4.41. The van der Waals surface area contributed by atoms with E-state index in [0.29, 0.717) is 6.54 Å². The zero-order valence-corrected chi connectivity index (χ0v) is 10.7. The van der Waals surface area contributed by atoms with Gasteiger partial charge in [0.05, 0.1) is 6.10 Å². The summed E-state index contributed by atoms with van der Waals surface area (Å²) in [5.41, 5.74) is 3.02. The quantitative estimate of drug-likeness (QED) is 0.866. The second-order valence-corrected chi connectivity index (χ2v) is 4.42. The molecule has 3 heteroatoms. The number of aromatic nitrogens is 1. The number of rotatable bonds is 4. The van der Waals surface area contributed by atoms with Crippen LogP contribution in [-0.4, -0.2) is 16.6 Å². The molecule has 1 aromatic heterocycles. The molecule has 0 saturated carbocycles. The van der Waals surface area contributed by atoms with E-state index in [-0.39, 0.29) is 0 Å². The fourth-order valence-corrected chi connectivity index (χ4v) is 1.91. The summed E-state index contributed by atoms with van der Waals surface area (Å²) in [6.07, 6.45) is -0.520. The third-order valence-electron chi connectivity index (χ3n) is 2.91. The largest absolute Gasteiger partial charge is 0.387 e. The second-order valence-electron chi connectivity index (χ2n) is 4.42. The smallest absolute Gasteiger partial charge is 0.126 e. The Bertz CT molecular complexity index is 525. The lowest BCUT2D eigenvalue weighted by Gasteiger charge is -2.15. The first-order chi connectivity index (χ1) is 8.66. The van der Waals surface area contributed by atoms with Gasteiger partial charge < -0.3 is 10.4 Å². The van der Waals surface area contributed by atoms with Gasteiger partial charge in [-0.1, -0.05) is 30.3 Å². The molecule has 1 heterocycles. The van der Waals surface area contributed by atoms with Crippen molar-refractivity contribution in [1.82, 2.24) is 4.98 Å². The highest BCUT2D eigenvalue weighted by Crippen LogP contribution is 2.17. The van der Waals surface area contributed by atoms with Gasteiger partial charge in [-0.2, -0.15) is 0 Å². The molecular weight excluding hydrogens is 224 g/mol. The summed E-state index contributed by atoms with van der Waals surface area (Å²) in [5.74, 6) is 0.794. The predicted octanol–water partition coefficient (Wildman–Crippen LogP) is 2.84. The topological polar surface area (TPSA) is 45.1 Å². The number of aryl methyl sites for hydroxylation is 2. The van der Waals surface area contributed by atoms with Crippen LogP contribution in [0.3, 0.4) is 0 Å². The number of pyridine rings is 1. The van der Waals surface area contributed by atoms with Crippen LogP contribution in [0.2, 0.25) is 0 Å². The molecule has 1 aromatic carbocycles. The number of nitrogens with zero attached hydrogens (tertiary/aromatic N) is 1. The van der Waals surface area contributed by atoms with Crippen molar-refractivity contribution in [2.24, 2.45) is 0 Å². The molecule has 0 amide bonds. The van der Waals surface area contributed by atoms with Crippen molar-refractivity contribution in [1.29, 1.82) is 0 Å². The first-order valence-electron chi connectivity index (χ1n) is 6.08. The Morgan fingerprint density at radius 1 is 1.11 bits per heavy atom. The van der Waals surface area contributed by atoms with Gasteiger partial charge in [0.15, 0.2) is 0 Å². The number of aliphatic hydroxyl groups excluding tert-OH is 1. The Hall–Kier alpha value is -1.87. The molecule has 1 unspecified atom stereocenters. The standard InChI is InChI=1S/C15H18N2O/c1-11-6-3-4-8-13(11)14(18)10-16-15-9-5-7-12(2)17-15/h3-9,14,18H,10H2,1-2H3,(H,16,17). The minimum absolute atomic E-state index is 0.460. The second kappa shape index (κ2) is 5.65. The highest BCUT2D eigenvalue weighted by Gasteiger charge is 2.09. The molecule has 0 spiro atoms. The van der Waals surface area contributed by atoms with Gasteiger partial charge in [0.1, 0.15) is 5.82 Å². The molecule has 94 valence electrons. The van der Waals surface area contributed by atoms with Crippen LogP contribution in [-0.2, 0) is 0 Å². The van der Waals surface area contributed by atoms with Crippen molar-refractivity contribution in [2.75, 3.05) is 11.9 Å². The van der Waals surface area contributed by atoms with Gasteiger partial charge in [0.2, 0.25) is 0 Å². The first-order valence-corrected chi connectivity index (χ1v) is 6.08. The van der Waals surface area contributed by atoms with E-state index in [0.717, 1.165) is 22.6 Å². The molecule has 1 atom stereocenters. The molecule has 0 radical (unpaired) electrons.